The molecule has 0 unspecified atom stereocenters. The largest absolute Gasteiger partial charge is 0.250 e. The number of hydrogen-bond acceptors (Lipinski definition) is 3. The van der Waals surface area contributed by atoms with Crippen LogP contribution in [0.15, 0.2) is 58.1 Å². The third-order valence-electron chi connectivity index (χ3n) is 2.98. The maximum absolute atomic E-state index is 13.9. The Balaban J connectivity index is 2.06. The van der Waals surface area contributed by atoms with Gasteiger partial charge in [-0.05, 0) is 30.4 Å². The Morgan fingerprint density at radius 2 is 1.91 bits per heavy atom. The van der Waals surface area contributed by atoms with E-state index < -0.39 is 0 Å². The van der Waals surface area contributed by atoms with Crippen LogP contribution < -0.4 is 0 Å². The molecule has 0 spiro atoms. The Kier molecular flexibility index (Phi) is 4.26. The summed E-state index contributed by atoms with van der Waals surface area (Å²) in [4.78, 5) is 0. The topological polar surface area (TPSA) is 46.0 Å². The minimum atomic E-state index is -0.381. The van der Waals surface area contributed by atoms with Crippen LogP contribution in [0.5, 0.6) is 0 Å². The van der Waals surface area contributed by atoms with Gasteiger partial charge >= 0.3 is 0 Å². The van der Waals surface area contributed by atoms with E-state index in [0.717, 1.165) is 10.0 Å². The average Bonchev–Trinajstić information content (AvgIpc) is 2.88. The highest BCUT2D eigenvalue weighted by atomic mass is 79.9. The second-order valence-corrected chi connectivity index (χ2v) is 5.65. The van der Waals surface area contributed by atoms with Crippen molar-refractivity contribution in [1.29, 1.82) is 0 Å². The van der Waals surface area contributed by atoms with Gasteiger partial charge in [-0.15, -0.1) is 0 Å². The third-order valence-corrected chi connectivity index (χ3v) is 3.97. The average molecular weight is 377 g/mol. The van der Waals surface area contributed by atoms with E-state index in [0.29, 0.717) is 16.2 Å². The van der Waals surface area contributed by atoms with Crippen molar-refractivity contribution >= 4 is 34.4 Å². The molecule has 0 saturated carbocycles. The molecule has 0 aliphatic rings. The molecule has 4 nitrogen and oxygen atoms in total. The SMILES string of the molecule is Fc1ccccc1-c1n[nH]c(=S)n1N=Cc1ccccc1Br. The van der Waals surface area contributed by atoms with E-state index in [1.165, 1.54) is 10.7 Å². The lowest BCUT2D eigenvalue weighted by Crippen LogP contribution is -1.97. The summed E-state index contributed by atoms with van der Waals surface area (Å²) < 4.78 is 16.5. The molecular formula is C15H10BrFN4S. The molecule has 1 aromatic heterocycles. The predicted octanol–water partition coefficient (Wildman–Crippen LogP) is 4.39. The fraction of sp³-hybridized carbons (Fsp3) is 0. The van der Waals surface area contributed by atoms with Crippen molar-refractivity contribution in [3.63, 3.8) is 0 Å². The van der Waals surface area contributed by atoms with Crippen LogP contribution in [0.1, 0.15) is 5.56 Å². The van der Waals surface area contributed by atoms with Crippen molar-refractivity contribution in [2.24, 2.45) is 5.10 Å². The van der Waals surface area contributed by atoms with Crippen LogP contribution in [0.3, 0.4) is 0 Å². The predicted molar refractivity (Wildman–Crippen MR) is 89.9 cm³/mol. The third kappa shape index (κ3) is 2.90. The molecule has 22 heavy (non-hydrogen) atoms. The molecule has 7 heteroatoms. The van der Waals surface area contributed by atoms with Crippen LogP contribution >= 0.6 is 28.1 Å². The van der Waals surface area contributed by atoms with Gasteiger partial charge in [0.05, 0.1) is 11.8 Å². The standard InChI is InChI=1S/C15H10BrFN4S/c16-12-7-3-1-5-10(12)9-18-21-14(19-20-15(21)22)11-6-2-4-8-13(11)17/h1-9H,(H,20,22). The summed E-state index contributed by atoms with van der Waals surface area (Å²) in [6.45, 7) is 0. The molecule has 0 radical (unpaired) electrons. The van der Waals surface area contributed by atoms with E-state index in [1.807, 2.05) is 24.3 Å². The smallest absolute Gasteiger partial charge is 0.216 e. The molecule has 0 fully saturated rings. The molecule has 3 aromatic rings. The fourth-order valence-corrected chi connectivity index (χ4v) is 2.48. The van der Waals surface area contributed by atoms with Gasteiger partial charge in [0.15, 0.2) is 5.82 Å². The highest BCUT2D eigenvalue weighted by Crippen LogP contribution is 2.21. The Bertz CT molecular complexity index is 900. The molecule has 0 atom stereocenters. The van der Waals surface area contributed by atoms with Gasteiger partial charge in [-0.1, -0.05) is 46.3 Å². The maximum Gasteiger partial charge on any atom is 0.216 e. The van der Waals surface area contributed by atoms with Crippen LogP contribution in [0, 0.1) is 10.6 Å². The Hall–Kier alpha value is -2.12. The number of nitrogens with one attached hydrogen (secondary N) is 1. The molecule has 1 N–H and O–H groups in total. The number of rotatable bonds is 3. The minimum Gasteiger partial charge on any atom is -0.250 e. The van der Waals surface area contributed by atoms with Gasteiger partial charge in [-0.25, -0.2) is 9.49 Å². The molecule has 3 rings (SSSR count). The van der Waals surface area contributed by atoms with Crippen molar-refractivity contribution in [2.75, 3.05) is 0 Å². The Labute approximate surface area is 139 Å². The molecule has 2 aromatic carbocycles. The lowest BCUT2D eigenvalue weighted by Gasteiger charge is -2.02. The molecule has 0 amide bonds. The first kappa shape index (κ1) is 14.8. The van der Waals surface area contributed by atoms with E-state index >= 15 is 0 Å². The maximum atomic E-state index is 13.9. The molecule has 110 valence electrons. The van der Waals surface area contributed by atoms with E-state index in [-0.39, 0.29) is 5.82 Å². The summed E-state index contributed by atoms with van der Waals surface area (Å²) in [5.41, 5.74) is 1.21. The first-order valence-electron chi connectivity index (χ1n) is 6.38. The minimum absolute atomic E-state index is 0.293. The lowest BCUT2D eigenvalue weighted by molar-refractivity contribution is 0.628. The molecule has 1 heterocycles. The molecule has 0 aliphatic heterocycles. The molecule has 0 saturated heterocycles. The van der Waals surface area contributed by atoms with Gasteiger partial charge in [0.1, 0.15) is 5.82 Å². The number of hydrogen-bond donors (Lipinski definition) is 1. The van der Waals surface area contributed by atoms with E-state index in [4.69, 9.17) is 12.2 Å². The summed E-state index contributed by atoms with van der Waals surface area (Å²) in [6, 6.07) is 14.0. The van der Waals surface area contributed by atoms with Crippen LogP contribution in [-0.2, 0) is 0 Å². The van der Waals surface area contributed by atoms with Gasteiger partial charge in [-0.2, -0.15) is 14.9 Å². The first-order chi connectivity index (χ1) is 10.7. The van der Waals surface area contributed by atoms with E-state index in [1.54, 1.807) is 24.4 Å². The number of nitrogens with zero attached hydrogens (tertiary/aromatic N) is 3. The zero-order valence-electron chi connectivity index (χ0n) is 11.2. The normalized spacial score (nSPS) is 11.2. The number of H-pyrrole nitrogens is 1. The van der Waals surface area contributed by atoms with Crippen molar-refractivity contribution in [3.05, 3.63) is 69.2 Å². The molecular weight excluding hydrogens is 367 g/mol. The monoisotopic (exact) mass is 376 g/mol. The summed E-state index contributed by atoms with van der Waals surface area (Å²) in [7, 11) is 0. The van der Waals surface area contributed by atoms with Gasteiger partial charge in [-0.3, -0.25) is 0 Å². The molecule has 0 aliphatic carbocycles. The highest BCUT2D eigenvalue weighted by Gasteiger charge is 2.12. The number of halogens is 2. The summed E-state index contributed by atoms with van der Waals surface area (Å²) >= 11 is 8.61. The molecule has 0 bridgehead atoms. The van der Waals surface area contributed by atoms with Gasteiger partial charge in [0, 0.05) is 10.0 Å². The zero-order valence-corrected chi connectivity index (χ0v) is 13.6. The van der Waals surface area contributed by atoms with E-state index in [9.17, 15) is 4.39 Å². The number of aromatic amines is 1. The highest BCUT2D eigenvalue weighted by molar-refractivity contribution is 9.10. The zero-order chi connectivity index (χ0) is 15.5. The summed E-state index contributed by atoms with van der Waals surface area (Å²) in [5, 5.41) is 11.0. The van der Waals surface area contributed by atoms with Gasteiger partial charge in [0.25, 0.3) is 0 Å². The Morgan fingerprint density at radius 1 is 1.18 bits per heavy atom. The number of benzene rings is 2. The second kappa shape index (κ2) is 6.33. The van der Waals surface area contributed by atoms with Gasteiger partial charge < -0.3 is 0 Å². The quantitative estimate of drug-likeness (QED) is 0.544. The van der Waals surface area contributed by atoms with Crippen molar-refractivity contribution in [3.8, 4) is 11.4 Å². The van der Waals surface area contributed by atoms with Crippen LogP contribution in [0.4, 0.5) is 4.39 Å². The Morgan fingerprint density at radius 3 is 2.68 bits per heavy atom. The van der Waals surface area contributed by atoms with Crippen LogP contribution in [0.2, 0.25) is 0 Å². The van der Waals surface area contributed by atoms with Crippen molar-refractivity contribution in [2.45, 2.75) is 0 Å². The van der Waals surface area contributed by atoms with Crippen molar-refractivity contribution < 1.29 is 4.39 Å². The van der Waals surface area contributed by atoms with Crippen LogP contribution in [0.25, 0.3) is 11.4 Å². The fourth-order valence-electron chi connectivity index (χ4n) is 1.92. The summed E-state index contributed by atoms with van der Waals surface area (Å²) in [6.07, 6.45) is 1.64. The van der Waals surface area contributed by atoms with Crippen molar-refractivity contribution in [1.82, 2.24) is 14.9 Å². The van der Waals surface area contributed by atoms with Gasteiger partial charge in [0.2, 0.25) is 4.77 Å². The number of aromatic nitrogens is 3. The summed E-state index contributed by atoms with van der Waals surface area (Å²) in [5.74, 6) is -0.0553. The van der Waals surface area contributed by atoms with Crippen LogP contribution in [-0.4, -0.2) is 21.1 Å². The van der Waals surface area contributed by atoms with E-state index in [2.05, 4.69) is 31.2 Å². The lowest BCUT2D eigenvalue weighted by atomic mass is 10.2. The second-order valence-electron chi connectivity index (χ2n) is 4.41. The first-order valence-corrected chi connectivity index (χ1v) is 7.58.